The highest BCUT2D eigenvalue weighted by atomic mass is 16.8. The van der Waals surface area contributed by atoms with Gasteiger partial charge in [0.1, 0.15) is 6.10 Å². The van der Waals surface area contributed by atoms with Crippen LogP contribution in [0.3, 0.4) is 0 Å². The predicted octanol–water partition coefficient (Wildman–Crippen LogP) is -1.49. The summed E-state index contributed by atoms with van der Waals surface area (Å²) in [7, 11) is 0. The van der Waals surface area contributed by atoms with Crippen LogP contribution in [0.15, 0.2) is 0 Å². The van der Waals surface area contributed by atoms with Crippen molar-refractivity contribution in [2.75, 3.05) is 6.61 Å². The first kappa shape index (κ1) is 17.6. The van der Waals surface area contributed by atoms with Gasteiger partial charge in [-0.15, -0.1) is 0 Å². The summed E-state index contributed by atoms with van der Waals surface area (Å²) >= 11 is 0. The zero-order chi connectivity index (χ0) is 17.4. The highest BCUT2D eigenvalue weighted by Crippen LogP contribution is 2.46. The first-order chi connectivity index (χ1) is 10.6. The summed E-state index contributed by atoms with van der Waals surface area (Å²) in [5.74, 6) is -5.08. The molecule has 0 aliphatic carbocycles. The first-order valence-corrected chi connectivity index (χ1v) is 6.80. The van der Waals surface area contributed by atoms with Gasteiger partial charge in [-0.1, -0.05) is 5.06 Å². The standard InChI is InChI=1S/C7H12O5.C5H5NO5/c1-6-4(2-3-11-6)5(8)7(9,10)12-6;7-3-1-2-4(8)6(3)11-5(9)10/h4-5,8-10H,2-3H2,1H3;1-2H2,(H,9,10). The third-order valence-electron chi connectivity index (χ3n) is 3.79. The minimum Gasteiger partial charge on any atom is -0.448 e. The molecule has 11 nitrogen and oxygen atoms in total. The number of fused-ring (bicyclic) bond motifs is 1. The molecule has 0 aromatic rings. The van der Waals surface area contributed by atoms with Gasteiger partial charge in [-0.05, 0) is 13.3 Å². The number of rotatable bonds is 1. The third kappa shape index (κ3) is 3.43. The number of carbonyl (C=O) groups excluding carboxylic acids is 2. The summed E-state index contributed by atoms with van der Waals surface area (Å²) in [6.07, 6.45) is -2.32. The summed E-state index contributed by atoms with van der Waals surface area (Å²) in [6, 6.07) is 0. The van der Waals surface area contributed by atoms with E-state index in [0.29, 0.717) is 13.0 Å². The maximum atomic E-state index is 10.6. The molecular formula is C12H17NO10. The molecule has 3 aliphatic heterocycles. The van der Waals surface area contributed by atoms with Gasteiger partial charge < -0.3 is 25.2 Å². The second kappa shape index (κ2) is 6.02. The molecule has 3 fully saturated rings. The fourth-order valence-corrected chi connectivity index (χ4v) is 2.66. The van der Waals surface area contributed by atoms with Gasteiger partial charge in [0, 0.05) is 18.8 Å². The number of hydrogen-bond acceptors (Lipinski definition) is 9. The molecule has 3 rings (SSSR count). The third-order valence-corrected chi connectivity index (χ3v) is 3.79. The van der Waals surface area contributed by atoms with Crippen molar-refractivity contribution in [1.82, 2.24) is 5.06 Å². The summed E-state index contributed by atoms with van der Waals surface area (Å²) in [5.41, 5.74) is 0. The van der Waals surface area contributed by atoms with Crippen LogP contribution in [-0.4, -0.2) is 67.9 Å². The van der Waals surface area contributed by atoms with Gasteiger partial charge in [0.15, 0.2) is 5.79 Å². The number of aliphatic hydroxyl groups excluding tert-OH is 1. The minimum absolute atomic E-state index is 0.0200. The van der Waals surface area contributed by atoms with Crippen LogP contribution < -0.4 is 0 Å². The summed E-state index contributed by atoms with van der Waals surface area (Å²) in [4.78, 5) is 35.0. The lowest BCUT2D eigenvalue weighted by Crippen LogP contribution is -2.41. The predicted molar refractivity (Wildman–Crippen MR) is 66.9 cm³/mol. The molecule has 11 heteroatoms. The molecular weight excluding hydrogens is 318 g/mol. The Bertz CT molecular complexity index is 504. The zero-order valence-corrected chi connectivity index (χ0v) is 12.2. The average Bonchev–Trinajstić information content (AvgIpc) is 2.99. The van der Waals surface area contributed by atoms with Crippen molar-refractivity contribution in [3.8, 4) is 0 Å². The Hall–Kier alpha value is -1.79. The van der Waals surface area contributed by atoms with Gasteiger partial charge in [0.25, 0.3) is 11.8 Å². The van der Waals surface area contributed by atoms with Crippen molar-refractivity contribution in [3.05, 3.63) is 0 Å². The molecule has 0 bridgehead atoms. The lowest BCUT2D eigenvalue weighted by atomic mass is 9.95. The van der Waals surface area contributed by atoms with E-state index in [1.54, 1.807) is 6.92 Å². The Morgan fingerprint density at radius 1 is 1.30 bits per heavy atom. The zero-order valence-electron chi connectivity index (χ0n) is 12.2. The van der Waals surface area contributed by atoms with Gasteiger partial charge in [-0.2, -0.15) is 0 Å². The Labute approximate surface area is 129 Å². The van der Waals surface area contributed by atoms with Crippen LogP contribution in [0.2, 0.25) is 0 Å². The average molecular weight is 335 g/mol. The fraction of sp³-hybridized carbons (Fsp3) is 0.750. The van der Waals surface area contributed by atoms with E-state index in [4.69, 9.17) is 24.8 Å². The van der Waals surface area contributed by atoms with Crippen LogP contribution in [0.1, 0.15) is 26.2 Å². The Morgan fingerprint density at radius 2 is 1.87 bits per heavy atom. The van der Waals surface area contributed by atoms with E-state index in [-0.39, 0.29) is 23.8 Å². The molecule has 3 atom stereocenters. The quantitative estimate of drug-likeness (QED) is 0.328. The number of carbonyl (C=O) groups is 3. The van der Waals surface area contributed by atoms with Gasteiger partial charge in [-0.3, -0.25) is 19.2 Å². The molecule has 0 aromatic heterocycles. The molecule has 0 spiro atoms. The maximum absolute atomic E-state index is 10.6. The fourth-order valence-electron chi connectivity index (χ4n) is 2.66. The summed E-state index contributed by atoms with van der Waals surface area (Å²) in [5, 5.41) is 36.0. The molecule has 0 saturated carbocycles. The van der Waals surface area contributed by atoms with Crippen molar-refractivity contribution >= 4 is 18.0 Å². The second-order valence-electron chi connectivity index (χ2n) is 5.40. The molecule has 0 radical (unpaired) electrons. The number of hydroxylamine groups is 2. The Morgan fingerprint density at radius 3 is 2.35 bits per heavy atom. The first-order valence-electron chi connectivity index (χ1n) is 6.80. The number of hydrogen-bond donors (Lipinski definition) is 4. The lowest BCUT2D eigenvalue weighted by Gasteiger charge is -2.23. The maximum Gasteiger partial charge on any atom is 0.531 e. The largest absolute Gasteiger partial charge is 0.531 e. The Kier molecular flexibility index (Phi) is 4.59. The molecule has 23 heavy (non-hydrogen) atoms. The van der Waals surface area contributed by atoms with E-state index in [0.717, 1.165) is 0 Å². The van der Waals surface area contributed by atoms with Crippen molar-refractivity contribution < 1.29 is 49.1 Å². The van der Waals surface area contributed by atoms with Gasteiger partial charge in [0.05, 0.1) is 6.61 Å². The molecule has 3 aliphatic rings. The smallest absolute Gasteiger partial charge is 0.448 e. The SMILES string of the molecule is CC12OCCC1C(O)C(O)(O)O2.O=C(O)ON1C(=O)CCC1=O. The molecule has 2 amide bonds. The van der Waals surface area contributed by atoms with Crippen LogP contribution in [-0.2, 0) is 23.9 Å². The minimum atomic E-state index is -2.46. The monoisotopic (exact) mass is 335 g/mol. The number of imide groups is 1. The highest BCUT2D eigenvalue weighted by molar-refractivity contribution is 6.01. The van der Waals surface area contributed by atoms with Crippen molar-refractivity contribution in [2.45, 2.75) is 44.1 Å². The van der Waals surface area contributed by atoms with Crippen LogP contribution in [0, 0.1) is 5.92 Å². The molecule has 0 aromatic carbocycles. The molecule has 130 valence electrons. The molecule has 4 N–H and O–H groups in total. The molecule has 3 unspecified atom stereocenters. The number of carboxylic acid groups (broad SMARTS) is 1. The normalized spacial score (nSPS) is 34.9. The lowest BCUT2D eigenvalue weighted by molar-refractivity contribution is -0.394. The van der Waals surface area contributed by atoms with Crippen LogP contribution in [0.25, 0.3) is 0 Å². The van der Waals surface area contributed by atoms with Crippen molar-refractivity contribution in [1.29, 1.82) is 0 Å². The van der Waals surface area contributed by atoms with Gasteiger partial charge >= 0.3 is 12.1 Å². The molecule has 3 heterocycles. The number of ether oxygens (including phenoxy) is 2. The number of nitrogens with zero attached hydrogens (tertiary/aromatic N) is 1. The Balaban J connectivity index is 0.000000168. The van der Waals surface area contributed by atoms with E-state index in [9.17, 15) is 19.5 Å². The van der Waals surface area contributed by atoms with Gasteiger partial charge in [-0.25, -0.2) is 4.79 Å². The van der Waals surface area contributed by atoms with E-state index in [2.05, 4.69) is 4.84 Å². The van der Waals surface area contributed by atoms with E-state index in [1.807, 2.05) is 0 Å². The van der Waals surface area contributed by atoms with Crippen LogP contribution in [0.4, 0.5) is 4.79 Å². The van der Waals surface area contributed by atoms with E-state index < -0.39 is 35.8 Å². The van der Waals surface area contributed by atoms with Gasteiger partial charge in [0.2, 0.25) is 0 Å². The summed E-state index contributed by atoms with van der Waals surface area (Å²) in [6.45, 7) is 2.08. The molecule has 3 saturated heterocycles. The van der Waals surface area contributed by atoms with E-state index >= 15 is 0 Å². The van der Waals surface area contributed by atoms with Crippen molar-refractivity contribution in [3.63, 3.8) is 0 Å². The second-order valence-corrected chi connectivity index (χ2v) is 5.40. The summed E-state index contributed by atoms with van der Waals surface area (Å²) < 4.78 is 9.98. The van der Waals surface area contributed by atoms with Crippen molar-refractivity contribution in [2.24, 2.45) is 5.92 Å². The highest BCUT2D eigenvalue weighted by Gasteiger charge is 2.62. The van der Waals surface area contributed by atoms with E-state index in [1.165, 1.54) is 0 Å². The van der Waals surface area contributed by atoms with Crippen LogP contribution >= 0.6 is 0 Å². The topological polar surface area (TPSA) is 163 Å². The van der Waals surface area contributed by atoms with Crippen LogP contribution in [0.5, 0.6) is 0 Å². The number of aliphatic hydroxyl groups is 3. The number of amides is 2.